The van der Waals surface area contributed by atoms with Gasteiger partial charge in [0.15, 0.2) is 0 Å². The van der Waals surface area contributed by atoms with E-state index in [0.29, 0.717) is 18.2 Å². The molecule has 2 N–H and O–H groups in total. The summed E-state index contributed by atoms with van der Waals surface area (Å²) in [5, 5.41) is 6.17. The summed E-state index contributed by atoms with van der Waals surface area (Å²) in [5.41, 5.74) is 1.59. The second-order valence-electron chi connectivity index (χ2n) is 4.91. The molecule has 0 fully saturated rings. The Labute approximate surface area is 116 Å². The van der Waals surface area contributed by atoms with Gasteiger partial charge in [0.1, 0.15) is 0 Å². The van der Waals surface area contributed by atoms with Gasteiger partial charge in [-0.3, -0.25) is 4.79 Å². The Morgan fingerprint density at radius 1 is 1.32 bits per heavy atom. The molecular formula is C15H25N3O. The van der Waals surface area contributed by atoms with Crippen molar-refractivity contribution in [1.82, 2.24) is 10.2 Å². The normalized spacial score (nSPS) is 10.8. The molecule has 0 saturated heterocycles. The van der Waals surface area contributed by atoms with Crippen molar-refractivity contribution >= 4 is 11.6 Å². The Morgan fingerprint density at radius 3 is 2.63 bits per heavy atom. The van der Waals surface area contributed by atoms with E-state index in [4.69, 9.17) is 0 Å². The van der Waals surface area contributed by atoms with E-state index < -0.39 is 0 Å². The van der Waals surface area contributed by atoms with Crippen molar-refractivity contribution in [3.63, 3.8) is 0 Å². The summed E-state index contributed by atoms with van der Waals surface area (Å²) in [6.07, 6.45) is 0. The molecule has 0 aliphatic heterocycles. The van der Waals surface area contributed by atoms with Crippen molar-refractivity contribution in [2.75, 3.05) is 32.0 Å². The molecule has 1 amide bonds. The first-order chi connectivity index (χ1) is 9.06. The number of nitrogens with one attached hydrogen (secondary N) is 2. The maximum absolute atomic E-state index is 12.1. The van der Waals surface area contributed by atoms with Crippen LogP contribution in [0.15, 0.2) is 24.3 Å². The topological polar surface area (TPSA) is 44.4 Å². The lowest BCUT2D eigenvalue weighted by atomic mass is 10.1. The molecule has 0 unspecified atom stereocenters. The Kier molecular flexibility index (Phi) is 6.36. The van der Waals surface area contributed by atoms with Crippen LogP contribution in [0.3, 0.4) is 0 Å². The predicted octanol–water partition coefficient (Wildman–Crippen LogP) is 2.19. The second-order valence-corrected chi connectivity index (χ2v) is 4.91. The fraction of sp³-hybridized carbons (Fsp3) is 0.533. The van der Waals surface area contributed by atoms with Gasteiger partial charge in [-0.05, 0) is 40.0 Å². The SMILES string of the molecule is CCNc1ccccc1C(=O)NCCN(C)C(C)C. The Morgan fingerprint density at radius 2 is 2.00 bits per heavy atom. The number of likely N-dealkylation sites (N-methyl/N-ethyl adjacent to an activating group) is 1. The molecule has 0 spiro atoms. The molecule has 4 heteroatoms. The van der Waals surface area contributed by atoms with E-state index in [1.165, 1.54) is 0 Å². The van der Waals surface area contributed by atoms with Crippen LogP contribution in [0.2, 0.25) is 0 Å². The zero-order chi connectivity index (χ0) is 14.3. The van der Waals surface area contributed by atoms with Gasteiger partial charge in [-0.15, -0.1) is 0 Å². The fourth-order valence-corrected chi connectivity index (χ4v) is 1.72. The molecule has 106 valence electrons. The zero-order valence-corrected chi connectivity index (χ0v) is 12.4. The van der Waals surface area contributed by atoms with E-state index >= 15 is 0 Å². The fourth-order valence-electron chi connectivity index (χ4n) is 1.72. The molecule has 0 atom stereocenters. The molecule has 1 aromatic carbocycles. The molecule has 0 aromatic heterocycles. The number of anilines is 1. The van der Waals surface area contributed by atoms with Crippen LogP contribution in [0.4, 0.5) is 5.69 Å². The van der Waals surface area contributed by atoms with Gasteiger partial charge in [0.2, 0.25) is 0 Å². The first-order valence-electron chi connectivity index (χ1n) is 6.87. The number of para-hydroxylation sites is 1. The molecule has 0 bridgehead atoms. The molecule has 1 aromatic rings. The number of benzene rings is 1. The van der Waals surface area contributed by atoms with Crippen LogP contribution in [-0.4, -0.2) is 43.5 Å². The zero-order valence-electron chi connectivity index (χ0n) is 12.4. The van der Waals surface area contributed by atoms with Gasteiger partial charge in [0.25, 0.3) is 5.91 Å². The third kappa shape index (κ3) is 4.91. The smallest absolute Gasteiger partial charge is 0.253 e. The van der Waals surface area contributed by atoms with E-state index in [-0.39, 0.29) is 5.91 Å². The van der Waals surface area contributed by atoms with E-state index in [1.54, 1.807) is 0 Å². The summed E-state index contributed by atoms with van der Waals surface area (Å²) in [5.74, 6) is -0.0197. The number of nitrogens with zero attached hydrogens (tertiary/aromatic N) is 1. The largest absolute Gasteiger partial charge is 0.385 e. The molecule has 0 radical (unpaired) electrons. The second kappa shape index (κ2) is 7.79. The van der Waals surface area contributed by atoms with E-state index in [1.807, 2.05) is 31.2 Å². The quantitative estimate of drug-likeness (QED) is 0.792. The molecule has 4 nitrogen and oxygen atoms in total. The molecule has 1 rings (SSSR count). The van der Waals surface area contributed by atoms with Crippen LogP contribution in [0.25, 0.3) is 0 Å². The van der Waals surface area contributed by atoms with Gasteiger partial charge >= 0.3 is 0 Å². The number of hydrogen-bond donors (Lipinski definition) is 2. The van der Waals surface area contributed by atoms with Crippen LogP contribution < -0.4 is 10.6 Å². The lowest BCUT2D eigenvalue weighted by Gasteiger charge is -2.21. The first-order valence-corrected chi connectivity index (χ1v) is 6.87. The minimum Gasteiger partial charge on any atom is -0.385 e. The van der Waals surface area contributed by atoms with Gasteiger partial charge in [-0.2, -0.15) is 0 Å². The van der Waals surface area contributed by atoms with Crippen LogP contribution in [0, 0.1) is 0 Å². The minimum absolute atomic E-state index is 0.0197. The van der Waals surface area contributed by atoms with Crippen LogP contribution in [0.5, 0.6) is 0 Å². The Balaban J connectivity index is 2.54. The number of carbonyl (C=O) groups is 1. The standard InChI is InChI=1S/C15H25N3O/c1-5-16-14-9-7-6-8-13(14)15(19)17-10-11-18(4)12(2)3/h6-9,12,16H,5,10-11H2,1-4H3,(H,17,19). The molecular weight excluding hydrogens is 238 g/mol. The van der Waals surface area contributed by atoms with Crippen LogP contribution >= 0.6 is 0 Å². The van der Waals surface area contributed by atoms with Gasteiger partial charge in [0.05, 0.1) is 5.56 Å². The van der Waals surface area contributed by atoms with Crippen molar-refractivity contribution in [2.45, 2.75) is 26.8 Å². The monoisotopic (exact) mass is 263 g/mol. The summed E-state index contributed by atoms with van der Waals surface area (Å²) >= 11 is 0. The maximum Gasteiger partial charge on any atom is 0.253 e. The van der Waals surface area contributed by atoms with Gasteiger partial charge in [-0.25, -0.2) is 0 Å². The molecule has 0 heterocycles. The number of rotatable bonds is 7. The molecule has 19 heavy (non-hydrogen) atoms. The Hall–Kier alpha value is -1.55. The number of carbonyl (C=O) groups excluding carboxylic acids is 1. The lowest BCUT2D eigenvalue weighted by molar-refractivity contribution is 0.0949. The van der Waals surface area contributed by atoms with Crippen molar-refractivity contribution < 1.29 is 4.79 Å². The predicted molar refractivity (Wildman–Crippen MR) is 80.7 cm³/mol. The third-order valence-corrected chi connectivity index (χ3v) is 3.17. The van der Waals surface area contributed by atoms with Crippen molar-refractivity contribution in [2.24, 2.45) is 0 Å². The Bertz CT molecular complexity index is 404. The first kappa shape index (κ1) is 15.5. The minimum atomic E-state index is -0.0197. The summed E-state index contributed by atoms with van der Waals surface area (Å²) < 4.78 is 0. The lowest BCUT2D eigenvalue weighted by Crippen LogP contribution is -2.36. The highest BCUT2D eigenvalue weighted by molar-refractivity contribution is 5.99. The summed E-state index contributed by atoms with van der Waals surface area (Å²) in [6, 6.07) is 8.08. The van der Waals surface area contributed by atoms with Crippen LogP contribution in [0.1, 0.15) is 31.1 Å². The van der Waals surface area contributed by atoms with Gasteiger partial charge in [-0.1, -0.05) is 12.1 Å². The average Bonchev–Trinajstić information content (AvgIpc) is 2.39. The maximum atomic E-state index is 12.1. The third-order valence-electron chi connectivity index (χ3n) is 3.17. The molecule has 0 saturated carbocycles. The van der Waals surface area contributed by atoms with Crippen molar-refractivity contribution in [1.29, 1.82) is 0 Å². The number of amides is 1. The van der Waals surface area contributed by atoms with Gasteiger partial charge in [0, 0.05) is 31.4 Å². The molecule has 0 aliphatic rings. The highest BCUT2D eigenvalue weighted by Gasteiger charge is 2.10. The summed E-state index contributed by atoms with van der Waals surface area (Å²) in [6.45, 7) is 8.62. The number of hydrogen-bond acceptors (Lipinski definition) is 3. The highest BCUT2D eigenvalue weighted by Crippen LogP contribution is 2.14. The van der Waals surface area contributed by atoms with E-state index in [2.05, 4.69) is 36.4 Å². The van der Waals surface area contributed by atoms with E-state index in [9.17, 15) is 4.79 Å². The summed E-state index contributed by atoms with van der Waals surface area (Å²) in [4.78, 5) is 14.3. The molecule has 0 aliphatic carbocycles. The van der Waals surface area contributed by atoms with Gasteiger partial charge < -0.3 is 15.5 Å². The highest BCUT2D eigenvalue weighted by atomic mass is 16.1. The van der Waals surface area contributed by atoms with Crippen molar-refractivity contribution in [3.05, 3.63) is 29.8 Å². The van der Waals surface area contributed by atoms with E-state index in [0.717, 1.165) is 18.8 Å². The average molecular weight is 263 g/mol. The summed E-state index contributed by atoms with van der Waals surface area (Å²) in [7, 11) is 2.06. The van der Waals surface area contributed by atoms with Crippen LogP contribution in [-0.2, 0) is 0 Å². The van der Waals surface area contributed by atoms with Crippen molar-refractivity contribution in [3.8, 4) is 0 Å².